The summed E-state index contributed by atoms with van der Waals surface area (Å²) in [6, 6.07) is 7.72. The molecule has 1 aliphatic heterocycles. The van der Waals surface area contributed by atoms with Crippen LogP contribution in [0.5, 0.6) is 11.5 Å². The summed E-state index contributed by atoms with van der Waals surface area (Å²) in [6.07, 6.45) is 8.11. The lowest BCUT2D eigenvalue weighted by molar-refractivity contribution is 0.0951. The molecule has 0 radical (unpaired) electrons. The van der Waals surface area contributed by atoms with Crippen LogP contribution in [0.2, 0.25) is 0 Å². The monoisotopic (exact) mass is 437 g/mol. The topological polar surface area (TPSA) is 107 Å². The Morgan fingerprint density at radius 3 is 2.78 bits per heavy atom. The Morgan fingerprint density at radius 2 is 2.03 bits per heavy atom. The number of amides is 1. The Morgan fingerprint density at radius 1 is 1.22 bits per heavy atom. The molecular weight excluding hydrogens is 410 g/mol. The summed E-state index contributed by atoms with van der Waals surface area (Å²) in [7, 11) is 0. The molecule has 1 aromatic carbocycles. The van der Waals surface area contributed by atoms with Gasteiger partial charge in [0.05, 0.1) is 25.3 Å². The molecule has 10 heteroatoms. The number of nitrogens with zero attached hydrogens (tertiary/aromatic N) is 6. The molecule has 3 aromatic rings. The van der Waals surface area contributed by atoms with Crippen molar-refractivity contribution in [2.75, 3.05) is 31.1 Å². The maximum Gasteiger partial charge on any atom is 0.254 e. The lowest BCUT2D eigenvalue weighted by atomic mass is 10.1. The molecule has 1 N–H and O–H groups in total. The van der Waals surface area contributed by atoms with Crippen molar-refractivity contribution in [1.82, 2.24) is 30.0 Å². The molecule has 0 saturated carbocycles. The number of benzene rings is 1. The molecule has 1 fully saturated rings. The van der Waals surface area contributed by atoms with Gasteiger partial charge in [0.2, 0.25) is 5.95 Å². The van der Waals surface area contributed by atoms with Crippen LogP contribution in [0.25, 0.3) is 0 Å². The van der Waals surface area contributed by atoms with Crippen LogP contribution in [0, 0.1) is 0 Å². The highest BCUT2D eigenvalue weighted by atomic mass is 16.5. The van der Waals surface area contributed by atoms with Gasteiger partial charge in [-0.05, 0) is 31.9 Å². The summed E-state index contributed by atoms with van der Waals surface area (Å²) in [5.41, 5.74) is 0.419. The first kappa shape index (κ1) is 21.5. The Balaban J connectivity index is 1.32. The van der Waals surface area contributed by atoms with E-state index in [4.69, 9.17) is 9.47 Å². The second-order valence-corrected chi connectivity index (χ2v) is 7.39. The number of piperidine rings is 1. The molecule has 4 rings (SSSR count). The molecule has 0 unspecified atom stereocenters. The van der Waals surface area contributed by atoms with Crippen LogP contribution in [-0.4, -0.2) is 63.0 Å². The van der Waals surface area contributed by atoms with Gasteiger partial charge in [0, 0.05) is 25.5 Å². The van der Waals surface area contributed by atoms with E-state index in [0.717, 1.165) is 30.9 Å². The largest absolute Gasteiger partial charge is 0.490 e. The minimum Gasteiger partial charge on any atom is -0.490 e. The highest BCUT2D eigenvalue weighted by molar-refractivity contribution is 5.93. The van der Waals surface area contributed by atoms with Crippen molar-refractivity contribution in [3.8, 4) is 11.5 Å². The van der Waals surface area contributed by atoms with Crippen molar-refractivity contribution in [3.05, 3.63) is 54.9 Å². The minimum absolute atomic E-state index is 0.00807. The van der Waals surface area contributed by atoms with E-state index in [1.54, 1.807) is 23.4 Å². The van der Waals surface area contributed by atoms with E-state index in [9.17, 15) is 4.79 Å². The smallest absolute Gasteiger partial charge is 0.254 e. The predicted molar refractivity (Wildman–Crippen MR) is 118 cm³/mol. The molecule has 1 amide bonds. The third-order valence-electron chi connectivity index (χ3n) is 5.10. The van der Waals surface area contributed by atoms with E-state index in [-0.39, 0.29) is 12.0 Å². The van der Waals surface area contributed by atoms with Crippen molar-refractivity contribution >= 4 is 11.9 Å². The fourth-order valence-corrected chi connectivity index (χ4v) is 3.55. The van der Waals surface area contributed by atoms with E-state index >= 15 is 0 Å². The Kier molecular flexibility index (Phi) is 7.11. The van der Waals surface area contributed by atoms with Gasteiger partial charge in [-0.2, -0.15) is 5.10 Å². The molecule has 3 heterocycles. The molecular formula is C22H27N7O3. The van der Waals surface area contributed by atoms with Crippen molar-refractivity contribution in [1.29, 1.82) is 0 Å². The molecule has 168 valence electrons. The second-order valence-electron chi connectivity index (χ2n) is 7.39. The zero-order valence-corrected chi connectivity index (χ0v) is 18.1. The highest BCUT2D eigenvalue weighted by Gasteiger charge is 2.24. The molecule has 32 heavy (non-hydrogen) atoms. The molecule has 0 spiro atoms. The fraction of sp³-hybridized carbons (Fsp3) is 0.409. The fourth-order valence-electron chi connectivity index (χ4n) is 3.55. The average Bonchev–Trinajstić information content (AvgIpc) is 3.34. The van der Waals surface area contributed by atoms with Gasteiger partial charge < -0.3 is 19.7 Å². The van der Waals surface area contributed by atoms with Gasteiger partial charge in [0.1, 0.15) is 18.8 Å². The van der Waals surface area contributed by atoms with Crippen LogP contribution in [0.15, 0.2) is 49.3 Å². The second kappa shape index (κ2) is 10.6. The van der Waals surface area contributed by atoms with Crippen molar-refractivity contribution in [2.24, 2.45) is 0 Å². The maximum absolute atomic E-state index is 12.3. The van der Waals surface area contributed by atoms with Crippen LogP contribution in [0.4, 0.5) is 5.95 Å². The number of hydrogen-bond donors (Lipinski definition) is 1. The first-order valence-corrected chi connectivity index (χ1v) is 10.8. The minimum atomic E-state index is -0.218. The van der Waals surface area contributed by atoms with Gasteiger partial charge in [-0.1, -0.05) is 12.1 Å². The first-order chi connectivity index (χ1) is 15.7. The third kappa shape index (κ3) is 5.51. The van der Waals surface area contributed by atoms with Crippen molar-refractivity contribution < 1.29 is 14.3 Å². The molecule has 1 saturated heterocycles. The zero-order valence-electron chi connectivity index (χ0n) is 18.1. The van der Waals surface area contributed by atoms with Crippen LogP contribution in [-0.2, 0) is 6.54 Å². The van der Waals surface area contributed by atoms with Gasteiger partial charge in [0.25, 0.3) is 5.91 Å². The Bertz CT molecular complexity index is 995. The van der Waals surface area contributed by atoms with E-state index in [1.165, 1.54) is 6.33 Å². The van der Waals surface area contributed by atoms with Crippen molar-refractivity contribution in [3.63, 3.8) is 0 Å². The normalized spacial score (nSPS) is 15.9. The van der Waals surface area contributed by atoms with Crippen LogP contribution < -0.4 is 19.7 Å². The van der Waals surface area contributed by atoms with Gasteiger partial charge in [0.15, 0.2) is 11.5 Å². The number of rotatable bonds is 9. The highest BCUT2D eigenvalue weighted by Crippen LogP contribution is 2.29. The van der Waals surface area contributed by atoms with Crippen LogP contribution in [0.1, 0.15) is 30.1 Å². The molecule has 1 atom stereocenters. The van der Waals surface area contributed by atoms with Gasteiger partial charge in [-0.3, -0.25) is 9.48 Å². The molecule has 1 aliphatic rings. The first-order valence-electron chi connectivity index (χ1n) is 10.8. The lowest BCUT2D eigenvalue weighted by Crippen LogP contribution is -2.42. The number of para-hydroxylation sites is 2. The Labute approximate surface area is 186 Å². The number of carbonyl (C=O) groups excluding carboxylic acids is 1. The maximum atomic E-state index is 12.3. The van der Waals surface area contributed by atoms with Gasteiger partial charge >= 0.3 is 0 Å². The van der Waals surface area contributed by atoms with E-state index in [2.05, 4.69) is 30.3 Å². The number of aromatic nitrogens is 5. The quantitative estimate of drug-likeness (QED) is 0.541. The summed E-state index contributed by atoms with van der Waals surface area (Å²) in [5.74, 6) is 1.88. The van der Waals surface area contributed by atoms with Crippen LogP contribution >= 0.6 is 0 Å². The number of anilines is 1. The van der Waals surface area contributed by atoms with E-state index in [0.29, 0.717) is 37.8 Å². The summed E-state index contributed by atoms with van der Waals surface area (Å²) in [4.78, 5) is 27.1. The summed E-state index contributed by atoms with van der Waals surface area (Å²) in [6.45, 7) is 5.05. The number of hydrogen-bond acceptors (Lipinski definition) is 8. The number of ether oxygens (including phenoxy) is 2. The standard InChI is InChI=1S/C22H27N7O3/c1-2-31-19-7-3-4-8-20(19)32-18-6-5-10-28(14-18)22-25-12-17(13-26-22)21(30)24-9-11-29-16-23-15-27-29/h3-4,7-8,12-13,15-16,18H,2,5-6,9-11,14H2,1H3,(H,24,30)/t18-/m1/s1. The summed E-state index contributed by atoms with van der Waals surface area (Å²) in [5, 5.41) is 6.84. The summed E-state index contributed by atoms with van der Waals surface area (Å²) >= 11 is 0. The third-order valence-corrected chi connectivity index (χ3v) is 5.10. The summed E-state index contributed by atoms with van der Waals surface area (Å²) < 4.78 is 13.5. The molecule has 0 aliphatic carbocycles. The van der Waals surface area contributed by atoms with Crippen LogP contribution in [0.3, 0.4) is 0 Å². The number of nitrogens with one attached hydrogen (secondary N) is 1. The predicted octanol–water partition coefficient (Wildman–Crippen LogP) is 1.94. The Hall–Kier alpha value is -3.69. The van der Waals surface area contributed by atoms with Crippen molar-refractivity contribution in [2.45, 2.75) is 32.4 Å². The zero-order chi connectivity index (χ0) is 22.2. The average molecular weight is 438 g/mol. The molecule has 0 bridgehead atoms. The number of carbonyl (C=O) groups is 1. The van der Waals surface area contributed by atoms with E-state index in [1.807, 2.05) is 31.2 Å². The molecule has 10 nitrogen and oxygen atoms in total. The SMILES string of the molecule is CCOc1ccccc1O[C@@H]1CCCN(c2ncc(C(=O)NCCn3cncn3)cn2)C1. The molecule has 2 aromatic heterocycles. The van der Waals surface area contributed by atoms with Gasteiger partial charge in [-0.25, -0.2) is 15.0 Å². The van der Waals surface area contributed by atoms with E-state index < -0.39 is 0 Å². The lowest BCUT2D eigenvalue weighted by Gasteiger charge is -2.33. The van der Waals surface area contributed by atoms with Gasteiger partial charge in [-0.15, -0.1) is 0 Å².